The first kappa shape index (κ1) is 25.2. The summed E-state index contributed by atoms with van der Waals surface area (Å²) in [4.78, 5) is 23.8. The molecule has 2 atom stereocenters. The van der Waals surface area contributed by atoms with Crippen molar-refractivity contribution >= 4 is 17.1 Å². The number of rotatable bonds is 8. The molecular weight excluding hydrogens is 472 g/mol. The first-order valence-electron chi connectivity index (χ1n) is 12.9. The minimum atomic E-state index is -0.532. The number of carbonyl (C=O) groups excluding carboxylic acids is 1. The quantitative estimate of drug-likeness (QED) is 0.436. The second-order valence-corrected chi connectivity index (χ2v) is 11.3. The Balaban J connectivity index is 1.25. The third-order valence-corrected chi connectivity index (χ3v) is 7.33. The van der Waals surface area contributed by atoms with Gasteiger partial charge in [-0.15, -0.1) is 0 Å². The Morgan fingerprint density at radius 2 is 2.19 bits per heavy atom. The first-order chi connectivity index (χ1) is 17.7. The minimum absolute atomic E-state index is 0.0763. The zero-order valence-electron chi connectivity index (χ0n) is 21.9. The molecule has 0 radical (unpaired) electrons. The van der Waals surface area contributed by atoms with Crippen LogP contribution in [0.15, 0.2) is 29.0 Å². The number of imidazole rings is 1. The lowest BCUT2D eigenvalue weighted by molar-refractivity contribution is 0.00413. The summed E-state index contributed by atoms with van der Waals surface area (Å²) < 4.78 is 19.3. The summed E-state index contributed by atoms with van der Waals surface area (Å²) in [5, 5.41) is 13.3. The molecule has 37 heavy (non-hydrogen) atoms. The molecule has 5 rings (SSSR count). The predicted molar refractivity (Wildman–Crippen MR) is 134 cm³/mol. The SMILES string of the molecule is CC(C)OCc1noc(C(C)(C)CN2C[C@@]3(CCC[C@H](Cn4cnc5ccc(C#N)cc54)C3)OC2=O)n1. The van der Waals surface area contributed by atoms with Gasteiger partial charge in [0, 0.05) is 13.1 Å². The lowest BCUT2D eigenvalue weighted by Crippen LogP contribution is -2.43. The fraction of sp³-hybridized carbons (Fsp3) is 0.593. The highest BCUT2D eigenvalue weighted by molar-refractivity contribution is 5.77. The van der Waals surface area contributed by atoms with Gasteiger partial charge < -0.3 is 23.5 Å². The normalized spacial score (nSPS) is 22.2. The van der Waals surface area contributed by atoms with E-state index in [1.54, 1.807) is 11.0 Å². The second-order valence-electron chi connectivity index (χ2n) is 11.3. The van der Waals surface area contributed by atoms with E-state index in [1.165, 1.54) is 0 Å². The smallest absolute Gasteiger partial charge is 0.410 e. The van der Waals surface area contributed by atoms with E-state index >= 15 is 0 Å². The highest BCUT2D eigenvalue weighted by Gasteiger charge is 2.49. The van der Waals surface area contributed by atoms with E-state index in [9.17, 15) is 10.1 Å². The number of aromatic nitrogens is 4. The molecule has 1 saturated carbocycles. The Hall–Kier alpha value is -3.45. The van der Waals surface area contributed by atoms with E-state index in [2.05, 4.69) is 25.8 Å². The molecule has 0 bridgehead atoms. The lowest BCUT2D eigenvalue weighted by atomic mass is 9.77. The summed E-state index contributed by atoms with van der Waals surface area (Å²) in [5.41, 5.74) is 1.44. The topological polar surface area (TPSA) is 119 Å². The maximum absolute atomic E-state index is 13.0. The number of carbonyl (C=O) groups is 1. The largest absolute Gasteiger partial charge is 0.441 e. The molecule has 1 spiro atoms. The molecule has 2 fully saturated rings. The Morgan fingerprint density at radius 1 is 1.35 bits per heavy atom. The average Bonchev–Trinajstić information content (AvgIpc) is 3.56. The summed E-state index contributed by atoms with van der Waals surface area (Å²) in [6.45, 7) is 9.94. The molecule has 1 aliphatic heterocycles. The van der Waals surface area contributed by atoms with Crippen LogP contribution in [0.3, 0.4) is 0 Å². The van der Waals surface area contributed by atoms with E-state index in [4.69, 9.17) is 14.0 Å². The van der Waals surface area contributed by atoms with Gasteiger partial charge in [-0.05, 0) is 77.5 Å². The number of amides is 1. The van der Waals surface area contributed by atoms with Gasteiger partial charge in [0.25, 0.3) is 0 Å². The summed E-state index contributed by atoms with van der Waals surface area (Å²) >= 11 is 0. The van der Waals surface area contributed by atoms with Crippen molar-refractivity contribution in [2.45, 2.75) is 83.6 Å². The number of fused-ring (bicyclic) bond motifs is 1. The van der Waals surface area contributed by atoms with Crippen LogP contribution in [0.1, 0.15) is 70.7 Å². The van der Waals surface area contributed by atoms with Crippen LogP contribution in [0.4, 0.5) is 4.79 Å². The van der Waals surface area contributed by atoms with Crippen molar-refractivity contribution in [2.75, 3.05) is 13.1 Å². The van der Waals surface area contributed by atoms with Crippen molar-refractivity contribution in [2.24, 2.45) is 5.92 Å². The number of nitriles is 1. The summed E-state index contributed by atoms with van der Waals surface area (Å²) in [7, 11) is 0. The maximum atomic E-state index is 13.0. The van der Waals surface area contributed by atoms with Gasteiger partial charge in [-0.3, -0.25) is 0 Å². The highest BCUT2D eigenvalue weighted by Crippen LogP contribution is 2.41. The van der Waals surface area contributed by atoms with Gasteiger partial charge in [0.15, 0.2) is 5.82 Å². The maximum Gasteiger partial charge on any atom is 0.410 e. The third-order valence-electron chi connectivity index (χ3n) is 7.33. The van der Waals surface area contributed by atoms with Gasteiger partial charge in [-0.2, -0.15) is 10.2 Å². The standard InChI is InChI=1S/C27H34N6O4/c1-18(2)35-14-23-30-24(37-31-23)26(3,4)15-33-16-27(36-25(33)34)9-5-6-20(11-27)13-32-17-29-21-8-7-19(12-28)10-22(21)32/h7-8,10,17-18,20H,5-6,9,11,13-16H2,1-4H3/t20-,27-/m0/s1. The van der Waals surface area contributed by atoms with Crippen LogP contribution in [0.5, 0.6) is 0 Å². The monoisotopic (exact) mass is 506 g/mol. The van der Waals surface area contributed by atoms with Crippen LogP contribution < -0.4 is 0 Å². The van der Waals surface area contributed by atoms with Crippen LogP contribution in [0, 0.1) is 17.2 Å². The van der Waals surface area contributed by atoms with Crippen LogP contribution in [0.2, 0.25) is 0 Å². The van der Waals surface area contributed by atoms with Crippen molar-refractivity contribution < 1.29 is 18.8 Å². The van der Waals surface area contributed by atoms with Crippen molar-refractivity contribution in [3.05, 3.63) is 41.8 Å². The average molecular weight is 507 g/mol. The molecule has 0 unspecified atom stereocenters. The van der Waals surface area contributed by atoms with Crippen LogP contribution in [-0.2, 0) is 28.0 Å². The van der Waals surface area contributed by atoms with E-state index in [0.717, 1.165) is 43.3 Å². The second kappa shape index (κ2) is 9.78. The molecule has 10 heteroatoms. The number of nitrogens with zero attached hydrogens (tertiary/aromatic N) is 6. The molecular formula is C27H34N6O4. The van der Waals surface area contributed by atoms with Crippen LogP contribution >= 0.6 is 0 Å². The predicted octanol–water partition coefficient (Wildman–Crippen LogP) is 4.57. The number of hydrogen-bond donors (Lipinski definition) is 0. The van der Waals surface area contributed by atoms with Gasteiger partial charge in [0.05, 0.1) is 47.1 Å². The molecule has 1 amide bonds. The lowest BCUT2D eigenvalue weighted by Gasteiger charge is -2.36. The van der Waals surface area contributed by atoms with Crippen LogP contribution in [0.25, 0.3) is 11.0 Å². The van der Waals surface area contributed by atoms with Gasteiger partial charge >= 0.3 is 6.09 Å². The summed E-state index contributed by atoms with van der Waals surface area (Å²) in [6, 6.07) is 7.77. The fourth-order valence-corrected chi connectivity index (χ4v) is 5.57. The Kier molecular flexibility index (Phi) is 6.67. The summed E-state index contributed by atoms with van der Waals surface area (Å²) in [6.07, 6.45) is 5.33. The Bertz CT molecular complexity index is 1320. The number of ether oxygens (including phenoxy) is 2. The Morgan fingerprint density at radius 3 is 2.97 bits per heavy atom. The third kappa shape index (κ3) is 5.32. The molecule has 3 heterocycles. The van der Waals surface area contributed by atoms with Crippen molar-refractivity contribution in [3.8, 4) is 6.07 Å². The zero-order valence-corrected chi connectivity index (χ0v) is 21.9. The Labute approximate surface area is 216 Å². The van der Waals surface area contributed by atoms with E-state index < -0.39 is 11.0 Å². The molecule has 196 valence electrons. The van der Waals surface area contributed by atoms with Gasteiger partial charge in [0.2, 0.25) is 5.89 Å². The number of benzene rings is 1. The number of hydrogen-bond acceptors (Lipinski definition) is 8. The van der Waals surface area contributed by atoms with Crippen molar-refractivity contribution in [1.82, 2.24) is 24.6 Å². The van der Waals surface area contributed by atoms with Gasteiger partial charge in [-0.1, -0.05) is 5.16 Å². The zero-order chi connectivity index (χ0) is 26.2. The van der Waals surface area contributed by atoms with E-state index in [0.29, 0.717) is 36.3 Å². The minimum Gasteiger partial charge on any atom is -0.441 e. The molecule has 3 aromatic rings. The molecule has 2 aliphatic rings. The molecule has 10 nitrogen and oxygen atoms in total. The molecule has 1 aliphatic carbocycles. The van der Waals surface area contributed by atoms with E-state index in [1.807, 2.05) is 46.2 Å². The first-order valence-corrected chi connectivity index (χ1v) is 12.9. The molecule has 1 saturated heterocycles. The highest BCUT2D eigenvalue weighted by atomic mass is 16.6. The van der Waals surface area contributed by atoms with Gasteiger partial charge in [0.1, 0.15) is 12.2 Å². The van der Waals surface area contributed by atoms with Crippen molar-refractivity contribution in [3.63, 3.8) is 0 Å². The van der Waals surface area contributed by atoms with Crippen molar-refractivity contribution in [1.29, 1.82) is 5.26 Å². The molecule has 1 aromatic carbocycles. The van der Waals surface area contributed by atoms with E-state index in [-0.39, 0.29) is 18.8 Å². The molecule has 0 N–H and O–H groups in total. The summed E-state index contributed by atoms with van der Waals surface area (Å²) in [5.74, 6) is 1.33. The van der Waals surface area contributed by atoms with Crippen LogP contribution in [-0.4, -0.2) is 55.5 Å². The molecule has 2 aromatic heterocycles. The van der Waals surface area contributed by atoms with Gasteiger partial charge in [-0.25, -0.2) is 9.78 Å². The fourth-order valence-electron chi connectivity index (χ4n) is 5.57.